The number of aromatic amines is 1. The average Bonchev–Trinajstić information content (AvgIpc) is 2.94. The van der Waals surface area contributed by atoms with Gasteiger partial charge in [-0.1, -0.05) is 23.7 Å². The number of nitrogens with one attached hydrogen (secondary N) is 2. The van der Waals surface area contributed by atoms with Crippen molar-refractivity contribution in [3.63, 3.8) is 0 Å². The first-order valence-corrected chi connectivity index (χ1v) is 8.69. The van der Waals surface area contributed by atoms with Crippen LogP contribution in [0.4, 0.5) is 5.95 Å². The first-order chi connectivity index (χ1) is 10.4. The lowest BCUT2D eigenvalue weighted by atomic mass is 10.2. The van der Waals surface area contributed by atoms with E-state index in [1.807, 2.05) is 26.2 Å². The molecule has 1 aromatic carbocycles. The second kappa shape index (κ2) is 7.08. The third-order valence-electron chi connectivity index (χ3n) is 2.95. The molecule has 1 aromatic heterocycles. The molecule has 0 atom stereocenters. The van der Waals surface area contributed by atoms with Gasteiger partial charge in [-0.3, -0.25) is 5.10 Å². The number of aromatic nitrogens is 3. The highest BCUT2D eigenvalue weighted by molar-refractivity contribution is 7.89. The topological polar surface area (TPSA) is 91.0 Å². The first-order valence-electron chi connectivity index (χ1n) is 6.66. The number of nitrogens with zero attached hydrogens (tertiary/aromatic N) is 3. The fourth-order valence-corrected chi connectivity index (χ4v) is 2.85. The van der Waals surface area contributed by atoms with Gasteiger partial charge in [0.25, 0.3) is 0 Å². The Morgan fingerprint density at radius 3 is 2.55 bits per heavy atom. The maximum atomic E-state index is 12.0. The number of anilines is 1. The number of halogens is 1. The van der Waals surface area contributed by atoms with Gasteiger partial charge in [0.05, 0.1) is 12.3 Å². The monoisotopic (exact) mass is 343 g/mol. The van der Waals surface area contributed by atoms with Crippen LogP contribution in [0.3, 0.4) is 0 Å². The first kappa shape index (κ1) is 16.7. The van der Waals surface area contributed by atoms with Gasteiger partial charge < -0.3 is 4.90 Å². The zero-order valence-corrected chi connectivity index (χ0v) is 13.9. The van der Waals surface area contributed by atoms with E-state index in [9.17, 15) is 8.42 Å². The van der Waals surface area contributed by atoms with Crippen LogP contribution in [0.5, 0.6) is 0 Å². The summed E-state index contributed by atoms with van der Waals surface area (Å²) in [7, 11) is 0.234. The molecule has 0 aliphatic heterocycles. The Labute approximate surface area is 134 Å². The summed E-state index contributed by atoms with van der Waals surface area (Å²) in [6.45, 7) is 0.0871. The Balaban J connectivity index is 1.86. The van der Waals surface area contributed by atoms with Crippen molar-refractivity contribution in [2.75, 3.05) is 24.7 Å². The molecule has 0 bridgehead atoms. The van der Waals surface area contributed by atoms with Gasteiger partial charge in [-0.15, -0.1) is 5.10 Å². The summed E-state index contributed by atoms with van der Waals surface area (Å²) in [5.41, 5.74) is 0.921. The van der Waals surface area contributed by atoms with Crippen molar-refractivity contribution in [3.05, 3.63) is 40.7 Å². The SMILES string of the molecule is CN(C)c1n[nH]c(CNS(=O)(=O)CCc2ccc(Cl)cc2)n1. The molecule has 0 radical (unpaired) electrons. The van der Waals surface area contributed by atoms with Crippen molar-refractivity contribution in [1.82, 2.24) is 19.9 Å². The number of sulfonamides is 1. The molecule has 9 heteroatoms. The van der Waals surface area contributed by atoms with Crippen molar-refractivity contribution in [3.8, 4) is 0 Å². The van der Waals surface area contributed by atoms with Gasteiger partial charge in [0.2, 0.25) is 16.0 Å². The molecule has 120 valence electrons. The minimum absolute atomic E-state index is 0.00328. The highest BCUT2D eigenvalue weighted by atomic mass is 35.5. The summed E-state index contributed by atoms with van der Waals surface area (Å²) in [6.07, 6.45) is 0.422. The van der Waals surface area contributed by atoms with E-state index in [-0.39, 0.29) is 12.3 Å². The molecule has 1 heterocycles. The van der Waals surface area contributed by atoms with E-state index >= 15 is 0 Å². The zero-order chi connectivity index (χ0) is 16.2. The Hall–Kier alpha value is -1.64. The lowest BCUT2D eigenvalue weighted by Crippen LogP contribution is -2.27. The fraction of sp³-hybridized carbons (Fsp3) is 0.385. The molecular formula is C13H18ClN5O2S. The van der Waals surface area contributed by atoms with Gasteiger partial charge in [0.1, 0.15) is 5.82 Å². The van der Waals surface area contributed by atoms with Crippen LogP contribution in [0.2, 0.25) is 5.02 Å². The quantitative estimate of drug-likeness (QED) is 0.788. The molecule has 0 saturated carbocycles. The van der Waals surface area contributed by atoms with Gasteiger partial charge in [-0.05, 0) is 24.1 Å². The van der Waals surface area contributed by atoms with Gasteiger partial charge in [-0.2, -0.15) is 4.98 Å². The van der Waals surface area contributed by atoms with Gasteiger partial charge in [-0.25, -0.2) is 13.1 Å². The molecule has 0 spiro atoms. The highest BCUT2D eigenvalue weighted by Crippen LogP contribution is 2.10. The van der Waals surface area contributed by atoms with Gasteiger partial charge >= 0.3 is 0 Å². The van der Waals surface area contributed by atoms with Crippen LogP contribution in [0.15, 0.2) is 24.3 Å². The zero-order valence-electron chi connectivity index (χ0n) is 12.4. The summed E-state index contributed by atoms with van der Waals surface area (Å²) in [6, 6.07) is 7.12. The van der Waals surface area contributed by atoms with Crippen molar-refractivity contribution >= 4 is 27.6 Å². The molecule has 2 N–H and O–H groups in total. The van der Waals surface area contributed by atoms with Crippen LogP contribution in [-0.4, -0.2) is 43.4 Å². The number of benzene rings is 1. The number of rotatable bonds is 7. The molecule has 2 rings (SSSR count). The summed E-state index contributed by atoms with van der Waals surface area (Å²) in [4.78, 5) is 5.89. The van der Waals surface area contributed by atoms with E-state index in [2.05, 4.69) is 19.9 Å². The third-order valence-corrected chi connectivity index (χ3v) is 4.53. The normalized spacial score (nSPS) is 11.6. The van der Waals surface area contributed by atoms with E-state index in [1.54, 1.807) is 17.0 Å². The van der Waals surface area contributed by atoms with E-state index in [0.29, 0.717) is 23.2 Å². The predicted octanol–water partition coefficient (Wildman–Crippen LogP) is 1.19. The number of H-pyrrole nitrogens is 1. The molecule has 0 amide bonds. The van der Waals surface area contributed by atoms with Gasteiger partial charge in [0, 0.05) is 19.1 Å². The van der Waals surface area contributed by atoms with E-state index in [4.69, 9.17) is 11.6 Å². The van der Waals surface area contributed by atoms with Crippen molar-refractivity contribution in [2.24, 2.45) is 0 Å². The lowest BCUT2D eigenvalue weighted by Gasteiger charge is -2.06. The van der Waals surface area contributed by atoms with Gasteiger partial charge in [0.15, 0.2) is 0 Å². The molecular weight excluding hydrogens is 326 g/mol. The molecule has 7 nitrogen and oxygen atoms in total. The van der Waals surface area contributed by atoms with E-state index in [0.717, 1.165) is 5.56 Å². The van der Waals surface area contributed by atoms with Crippen LogP contribution >= 0.6 is 11.6 Å². The lowest BCUT2D eigenvalue weighted by molar-refractivity contribution is 0.578. The summed E-state index contributed by atoms with van der Waals surface area (Å²) < 4.78 is 26.5. The molecule has 0 fully saturated rings. The number of aryl methyl sites for hydroxylation is 1. The second-order valence-corrected chi connectivity index (χ2v) is 7.36. The van der Waals surface area contributed by atoms with Crippen molar-refractivity contribution in [1.29, 1.82) is 0 Å². The summed E-state index contributed by atoms with van der Waals surface area (Å²) in [5, 5.41) is 7.29. The molecule has 0 unspecified atom stereocenters. The van der Waals surface area contributed by atoms with E-state index < -0.39 is 10.0 Å². The van der Waals surface area contributed by atoms with Crippen molar-refractivity contribution < 1.29 is 8.42 Å². The molecule has 22 heavy (non-hydrogen) atoms. The highest BCUT2D eigenvalue weighted by Gasteiger charge is 2.12. The van der Waals surface area contributed by atoms with Crippen LogP contribution in [-0.2, 0) is 23.0 Å². The Bertz CT molecular complexity index is 712. The van der Waals surface area contributed by atoms with Crippen LogP contribution in [0.25, 0.3) is 0 Å². The molecule has 0 aliphatic carbocycles. The second-order valence-electron chi connectivity index (χ2n) is 4.99. The van der Waals surface area contributed by atoms with Crippen LogP contribution in [0.1, 0.15) is 11.4 Å². The number of hydrogen-bond acceptors (Lipinski definition) is 5. The Morgan fingerprint density at radius 2 is 1.95 bits per heavy atom. The minimum Gasteiger partial charge on any atom is -0.346 e. The fourth-order valence-electron chi connectivity index (χ4n) is 1.72. The van der Waals surface area contributed by atoms with Crippen molar-refractivity contribution in [2.45, 2.75) is 13.0 Å². The maximum absolute atomic E-state index is 12.0. The minimum atomic E-state index is -3.38. The molecule has 0 saturated heterocycles. The molecule has 0 aliphatic rings. The smallest absolute Gasteiger partial charge is 0.244 e. The Kier molecular flexibility index (Phi) is 5.38. The predicted molar refractivity (Wildman–Crippen MR) is 86.5 cm³/mol. The third kappa shape index (κ3) is 4.97. The average molecular weight is 344 g/mol. The number of hydrogen-bond donors (Lipinski definition) is 2. The summed E-state index contributed by atoms with van der Waals surface area (Å²) >= 11 is 5.79. The van der Waals surface area contributed by atoms with Crippen LogP contribution in [0, 0.1) is 0 Å². The largest absolute Gasteiger partial charge is 0.346 e. The maximum Gasteiger partial charge on any atom is 0.244 e. The molecule has 2 aromatic rings. The standard InChI is InChI=1S/C13H18ClN5O2S/c1-19(2)13-16-12(17-18-13)9-15-22(20,21)8-7-10-3-5-11(14)6-4-10/h3-6,15H,7-9H2,1-2H3,(H,16,17,18). The Morgan fingerprint density at radius 1 is 1.27 bits per heavy atom. The van der Waals surface area contributed by atoms with E-state index in [1.165, 1.54) is 0 Å². The summed E-state index contributed by atoms with van der Waals surface area (Å²) in [5.74, 6) is 0.984. The van der Waals surface area contributed by atoms with Crippen LogP contribution < -0.4 is 9.62 Å².